The van der Waals surface area contributed by atoms with Crippen LogP contribution in [0.5, 0.6) is 11.6 Å². The molecule has 1 fully saturated rings. The van der Waals surface area contributed by atoms with Crippen LogP contribution in [0.15, 0.2) is 41.3 Å². The first kappa shape index (κ1) is 20.6. The van der Waals surface area contributed by atoms with Crippen molar-refractivity contribution in [1.29, 1.82) is 0 Å². The van der Waals surface area contributed by atoms with Gasteiger partial charge in [-0.15, -0.1) is 0 Å². The molecule has 1 aromatic carbocycles. The summed E-state index contributed by atoms with van der Waals surface area (Å²) in [6.07, 6.45) is 3.90. The van der Waals surface area contributed by atoms with Crippen molar-refractivity contribution in [3.05, 3.63) is 63.8 Å². The summed E-state index contributed by atoms with van der Waals surface area (Å²) in [5.74, 6) is 1.10. The van der Waals surface area contributed by atoms with E-state index >= 15 is 0 Å². The van der Waals surface area contributed by atoms with Gasteiger partial charge in [0.05, 0.1) is 5.52 Å². The summed E-state index contributed by atoms with van der Waals surface area (Å²) in [4.78, 5) is 19.1. The number of pyridine rings is 2. The number of fused-ring (bicyclic) bond motifs is 1. The smallest absolute Gasteiger partial charge is 0.257 e. The quantitative estimate of drug-likeness (QED) is 0.645. The van der Waals surface area contributed by atoms with Crippen LogP contribution in [0.1, 0.15) is 29.9 Å². The third-order valence-corrected chi connectivity index (χ3v) is 7.06. The number of aromatic nitrogens is 2. The first-order chi connectivity index (χ1) is 16.2. The van der Waals surface area contributed by atoms with Gasteiger partial charge in [0.15, 0.2) is 5.75 Å². The van der Waals surface area contributed by atoms with E-state index < -0.39 is 0 Å². The molecule has 0 bridgehead atoms. The van der Waals surface area contributed by atoms with Crippen LogP contribution in [0.2, 0.25) is 0 Å². The molecule has 0 amide bonds. The van der Waals surface area contributed by atoms with E-state index in [4.69, 9.17) is 9.47 Å². The Labute approximate surface area is 191 Å². The number of nitrogens with one attached hydrogen (secondary N) is 1. The molecule has 0 saturated carbocycles. The Morgan fingerprint density at radius 3 is 2.82 bits per heavy atom. The first-order valence-electron chi connectivity index (χ1n) is 11.7. The summed E-state index contributed by atoms with van der Waals surface area (Å²) in [5.41, 5.74) is 2.52. The fraction of sp³-hybridized carbons (Fsp3) is 0.440. The lowest BCUT2D eigenvalue weighted by Crippen LogP contribution is -2.43. The van der Waals surface area contributed by atoms with Crippen LogP contribution in [0.4, 0.5) is 4.39 Å². The molecule has 7 nitrogen and oxygen atoms in total. The first-order valence-corrected chi connectivity index (χ1v) is 11.7. The van der Waals surface area contributed by atoms with Gasteiger partial charge >= 0.3 is 0 Å². The molecule has 1 N–H and O–H groups in total. The average molecular weight is 451 g/mol. The van der Waals surface area contributed by atoms with E-state index in [1.165, 1.54) is 6.07 Å². The number of ether oxygens (including phenoxy) is 2. The highest BCUT2D eigenvalue weighted by Gasteiger charge is 2.31. The number of hydrogen-bond acceptors (Lipinski definition) is 6. The second-order valence-electron chi connectivity index (χ2n) is 9.18. The fourth-order valence-electron chi connectivity index (χ4n) is 5.39. The molecule has 6 rings (SSSR count). The van der Waals surface area contributed by atoms with Crippen molar-refractivity contribution in [2.24, 2.45) is 0 Å². The summed E-state index contributed by atoms with van der Waals surface area (Å²) in [6, 6.07) is 9.11. The molecule has 3 aliphatic rings. The van der Waals surface area contributed by atoms with E-state index in [0.29, 0.717) is 43.0 Å². The van der Waals surface area contributed by atoms with Crippen molar-refractivity contribution in [3.63, 3.8) is 0 Å². The summed E-state index contributed by atoms with van der Waals surface area (Å²) in [5, 5.41) is 4.57. The predicted octanol–water partition coefficient (Wildman–Crippen LogP) is 2.66. The van der Waals surface area contributed by atoms with Crippen molar-refractivity contribution in [1.82, 2.24) is 19.8 Å². The SMILES string of the molecule is O=c1ccc2ccc(F)c3c2n1CC3CN1CCC(NCc2cnc3c(c2)OCCO3)CC1. The third kappa shape index (κ3) is 3.87. The van der Waals surface area contributed by atoms with Crippen molar-refractivity contribution in [2.45, 2.75) is 37.9 Å². The molecule has 5 heterocycles. The van der Waals surface area contributed by atoms with Gasteiger partial charge in [-0.05, 0) is 61.1 Å². The average Bonchev–Trinajstić information content (AvgIpc) is 3.23. The Morgan fingerprint density at radius 2 is 1.94 bits per heavy atom. The standard InChI is InChI=1S/C25H27FN4O3/c26-20-3-1-17-2-4-22(31)30-15-18(23(20)24(17)30)14-29-7-5-19(6-8-29)27-12-16-11-21-25(28-13-16)33-10-9-32-21/h1-4,11,13,18-19,27H,5-10,12,14-15H2. The molecule has 0 aliphatic carbocycles. The number of benzene rings is 1. The summed E-state index contributed by atoms with van der Waals surface area (Å²) in [6.45, 7) is 5.08. The monoisotopic (exact) mass is 450 g/mol. The fourth-order valence-corrected chi connectivity index (χ4v) is 5.39. The molecule has 33 heavy (non-hydrogen) atoms. The van der Waals surface area contributed by atoms with Crippen LogP contribution >= 0.6 is 0 Å². The molecule has 8 heteroatoms. The molecule has 1 unspecified atom stereocenters. The van der Waals surface area contributed by atoms with E-state index in [9.17, 15) is 9.18 Å². The van der Waals surface area contributed by atoms with Crippen LogP contribution in [0, 0.1) is 5.82 Å². The Morgan fingerprint density at radius 1 is 1.12 bits per heavy atom. The summed E-state index contributed by atoms with van der Waals surface area (Å²) in [7, 11) is 0. The van der Waals surface area contributed by atoms with Gasteiger partial charge in [-0.3, -0.25) is 4.79 Å². The van der Waals surface area contributed by atoms with E-state index in [1.54, 1.807) is 22.8 Å². The zero-order valence-corrected chi connectivity index (χ0v) is 18.4. The second kappa shape index (κ2) is 8.43. The maximum absolute atomic E-state index is 14.8. The lowest BCUT2D eigenvalue weighted by molar-refractivity contribution is 0.164. The molecular weight excluding hydrogens is 423 g/mol. The highest BCUT2D eigenvalue weighted by atomic mass is 19.1. The van der Waals surface area contributed by atoms with Gasteiger partial charge in [0.1, 0.15) is 19.0 Å². The van der Waals surface area contributed by atoms with Gasteiger partial charge in [-0.25, -0.2) is 9.37 Å². The van der Waals surface area contributed by atoms with Crippen LogP contribution in [0.25, 0.3) is 10.9 Å². The van der Waals surface area contributed by atoms with Crippen molar-refractivity contribution >= 4 is 10.9 Å². The molecule has 0 spiro atoms. The topological polar surface area (TPSA) is 68.6 Å². The predicted molar refractivity (Wildman–Crippen MR) is 122 cm³/mol. The minimum absolute atomic E-state index is 0.0112. The van der Waals surface area contributed by atoms with Crippen molar-refractivity contribution in [3.8, 4) is 11.6 Å². The lowest BCUT2D eigenvalue weighted by Gasteiger charge is -2.34. The van der Waals surface area contributed by atoms with Crippen LogP contribution < -0.4 is 20.3 Å². The molecular formula is C25H27FN4O3. The van der Waals surface area contributed by atoms with Crippen molar-refractivity contribution < 1.29 is 13.9 Å². The zero-order chi connectivity index (χ0) is 22.4. The Balaban J connectivity index is 1.06. The largest absolute Gasteiger partial charge is 0.484 e. The van der Waals surface area contributed by atoms with Gasteiger partial charge in [0.25, 0.3) is 11.4 Å². The number of likely N-dealkylation sites (tertiary alicyclic amines) is 1. The highest BCUT2D eigenvalue weighted by Crippen LogP contribution is 2.35. The maximum Gasteiger partial charge on any atom is 0.257 e. The summed E-state index contributed by atoms with van der Waals surface area (Å²) >= 11 is 0. The Kier molecular flexibility index (Phi) is 5.27. The third-order valence-electron chi connectivity index (χ3n) is 7.06. The van der Waals surface area contributed by atoms with Crippen LogP contribution in [-0.4, -0.2) is 53.3 Å². The second-order valence-corrected chi connectivity index (χ2v) is 9.18. The van der Waals surface area contributed by atoms with Gasteiger partial charge in [0.2, 0.25) is 0 Å². The maximum atomic E-state index is 14.8. The van der Waals surface area contributed by atoms with Gasteiger partial charge in [-0.1, -0.05) is 0 Å². The Hall–Kier alpha value is -2.97. The number of nitrogens with zero attached hydrogens (tertiary/aromatic N) is 3. The van der Waals surface area contributed by atoms with Gasteiger partial charge in [-0.2, -0.15) is 0 Å². The minimum Gasteiger partial charge on any atom is -0.484 e. The lowest BCUT2D eigenvalue weighted by atomic mass is 9.97. The minimum atomic E-state index is -0.200. The number of halogens is 1. The molecule has 2 aromatic heterocycles. The normalized spacial score (nSPS) is 20.5. The molecule has 1 saturated heterocycles. The van der Waals surface area contributed by atoms with Gasteiger partial charge < -0.3 is 24.3 Å². The molecule has 3 aliphatic heterocycles. The van der Waals surface area contributed by atoms with E-state index in [0.717, 1.165) is 55.5 Å². The van der Waals surface area contributed by atoms with Crippen LogP contribution in [0.3, 0.4) is 0 Å². The van der Waals surface area contributed by atoms with E-state index in [-0.39, 0.29) is 17.3 Å². The Bertz CT molecular complexity index is 1250. The van der Waals surface area contributed by atoms with Crippen LogP contribution in [-0.2, 0) is 13.1 Å². The number of rotatable bonds is 5. The number of piperidine rings is 1. The molecule has 3 aromatic rings. The van der Waals surface area contributed by atoms with E-state index in [1.807, 2.05) is 12.3 Å². The van der Waals surface area contributed by atoms with Crippen molar-refractivity contribution in [2.75, 3.05) is 32.8 Å². The molecule has 0 radical (unpaired) electrons. The van der Waals surface area contributed by atoms with E-state index in [2.05, 4.69) is 15.2 Å². The highest BCUT2D eigenvalue weighted by molar-refractivity contribution is 5.84. The zero-order valence-electron chi connectivity index (χ0n) is 18.4. The van der Waals surface area contributed by atoms with Gasteiger partial charge in [0, 0.05) is 49.4 Å². The summed E-state index contributed by atoms with van der Waals surface area (Å²) < 4.78 is 27.6. The number of hydrogen-bond donors (Lipinski definition) is 1. The molecule has 172 valence electrons. The molecule has 1 atom stereocenters.